The Morgan fingerprint density at radius 2 is 1.58 bits per heavy atom. The van der Waals surface area contributed by atoms with Gasteiger partial charge in [-0.2, -0.15) is 0 Å². The molecular weight excluding hydrogens is 232 g/mol. The molecule has 2 N–H and O–H groups in total. The van der Waals surface area contributed by atoms with Gasteiger partial charge in [0, 0.05) is 25.2 Å². The Morgan fingerprint density at radius 3 is 2.00 bits per heavy atom. The maximum absolute atomic E-state index is 6.31. The molecule has 3 aliphatic carbocycles. The SMILES string of the molecule is CC1(C)CCCC(CN)(N(CC2CC2)CC2CC2)C1. The molecule has 2 nitrogen and oxygen atoms in total. The lowest BCUT2D eigenvalue weighted by Crippen LogP contribution is -2.58. The summed E-state index contributed by atoms with van der Waals surface area (Å²) in [7, 11) is 0. The van der Waals surface area contributed by atoms with Gasteiger partial charge >= 0.3 is 0 Å². The molecule has 3 saturated carbocycles. The molecule has 0 amide bonds. The molecule has 0 aromatic carbocycles. The van der Waals surface area contributed by atoms with Crippen molar-refractivity contribution in [3.05, 3.63) is 0 Å². The van der Waals surface area contributed by atoms with Crippen LogP contribution in [0.3, 0.4) is 0 Å². The number of nitrogens with zero attached hydrogens (tertiary/aromatic N) is 1. The van der Waals surface area contributed by atoms with E-state index in [2.05, 4.69) is 18.7 Å². The first-order valence-electron chi connectivity index (χ1n) is 8.48. The van der Waals surface area contributed by atoms with Crippen molar-refractivity contribution in [3.63, 3.8) is 0 Å². The average Bonchev–Trinajstić information content (AvgIpc) is 3.21. The Morgan fingerprint density at radius 1 is 1.00 bits per heavy atom. The summed E-state index contributed by atoms with van der Waals surface area (Å²) in [6, 6.07) is 0. The summed E-state index contributed by atoms with van der Waals surface area (Å²) in [4.78, 5) is 2.85. The van der Waals surface area contributed by atoms with Gasteiger partial charge in [0.15, 0.2) is 0 Å². The van der Waals surface area contributed by atoms with E-state index >= 15 is 0 Å². The summed E-state index contributed by atoms with van der Waals surface area (Å²) < 4.78 is 0. The third kappa shape index (κ3) is 3.33. The maximum Gasteiger partial charge on any atom is 0.0337 e. The van der Waals surface area contributed by atoms with Crippen LogP contribution in [-0.4, -0.2) is 30.1 Å². The zero-order chi connectivity index (χ0) is 13.5. The smallest absolute Gasteiger partial charge is 0.0337 e. The lowest BCUT2D eigenvalue weighted by atomic mass is 9.67. The maximum atomic E-state index is 6.31. The summed E-state index contributed by atoms with van der Waals surface area (Å²) in [5, 5.41) is 0. The zero-order valence-corrected chi connectivity index (χ0v) is 13.0. The van der Waals surface area contributed by atoms with Crippen LogP contribution in [0.5, 0.6) is 0 Å². The van der Waals surface area contributed by atoms with E-state index in [0.29, 0.717) is 11.0 Å². The summed E-state index contributed by atoms with van der Waals surface area (Å²) in [5.74, 6) is 1.99. The van der Waals surface area contributed by atoms with Gasteiger partial charge in [-0.25, -0.2) is 0 Å². The summed E-state index contributed by atoms with van der Waals surface area (Å²) in [6.07, 6.45) is 11.3. The van der Waals surface area contributed by atoms with Crippen molar-refractivity contribution in [3.8, 4) is 0 Å². The van der Waals surface area contributed by atoms with E-state index in [9.17, 15) is 0 Å². The Balaban J connectivity index is 1.74. The topological polar surface area (TPSA) is 29.3 Å². The number of hydrogen-bond donors (Lipinski definition) is 1. The second kappa shape index (κ2) is 5.04. The molecule has 3 aliphatic rings. The van der Waals surface area contributed by atoms with Gasteiger partial charge in [-0.1, -0.05) is 20.3 Å². The molecule has 0 heterocycles. The first-order valence-corrected chi connectivity index (χ1v) is 8.48. The molecule has 0 saturated heterocycles. The first-order chi connectivity index (χ1) is 9.03. The molecular formula is C17H32N2. The van der Waals surface area contributed by atoms with Crippen molar-refractivity contribution in [2.75, 3.05) is 19.6 Å². The van der Waals surface area contributed by atoms with Crippen molar-refractivity contribution < 1.29 is 0 Å². The van der Waals surface area contributed by atoms with Gasteiger partial charge in [-0.05, 0) is 62.2 Å². The van der Waals surface area contributed by atoms with Crippen LogP contribution in [0.4, 0.5) is 0 Å². The van der Waals surface area contributed by atoms with E-state index in [4.69, 9.17) is 5.73 Å². The van der Waals surface area contributed by atoms with Gasteiger partial charge < -0.3 is 5.73 Å². The number of nitrogens with two attached hydrogens (primary N) is 1. The van der Waals surface area contributed by atoms with Crippen LogP contribution < -0.4 is 5.73 Å². The highest BCUT2D eigenvalue weighted by Gasteiger charge is 2.45. The average molecular weight is 264 g/mol. The summed E-state index contributed by atoms with van der Waals surface area (Å²) in [5.41, 5.74) is 7.13. The molecule has 19 heavy (non-hydrogen) atoms. The van der Waals surface area contributed by atoms with Gasteiger partial charge in [-0.3, -0.25) is 4.90 Å². The van der Waals surface area contributed by atoms with Crippen molar-refractivity contribution in [2.24, 2.45) is 23.0 Å². The van der Waals surface area contributed by atoms with E-state index < -0.39 is 0 Å². The lowest BCUT2D eigenvalue weighted by Gasteiger charge is -2.51. The second-order valence-electron chi connectivity index (χ2n) is 8.41. The van der Waals surface area contributed by atoms with Crippen molar-refractivity contribution in [2.45, 2.75) is 70.8 Å². The largest absolute Gasteiger partial charge is 0.329 e. The fraction of sp³-hybridized carbons (Fsp3) is 1.00. The highest BCUT2D eigenvalue weighted by atomic mass is 15.2. The molecule has 0 bridgehead atoms. The Kier molecular flexibility index (Phi) is 3.68. The predicted octanol–water partition coefficient (Wildman–Crippen LogP) is 3.41. The normalized spacial score (nSPS) is 34.7. The second-order valence-corrected chi connectivity index (χ2v) is 8.41. The van der Waals surface area contributed by atoms with Crippen LogP contribution in [0.1, 0.15) is 65.2 Å². The van der Waals surface area contributed by atoms with Crippen LogP contribution in [0, 0.1) is 17.3 Å². The third-order valence-electron chi connectivity index (χ3n) is 5.71. The van der Waals surface area contributed by atoms with Gasteiger partial charge in [0.2, 0.25) is 0 Å². The van der Waals surface area contributed by atoms with E-state index in [1.807, 2.05) is 0 Å². The molecule has 0 radical (unpaired) electrons. The van der Waals surface area contributed by atoms with Gasteiger partial charge in [0.05, 0.1) is 0 Å². The molecule has 3 rings (SSSR count). The zero-order valence-electron chi connectivity index (χ0n) is 13.0. The number of hydrogen-bond acceptors (Lipinski definition) is 2. The summed E-state index contributed by atoms with van der Waals surface area (Å²) >= 11 is 0. The van der Waals surface area contributed by atoms with Crippen LogP contribution in [0.25, 0.3) is 0 Å². The third-order valence-corrected chi connectivity index (χ3v) is 5.71. The minimum absolute atomic E-state index is 0.326. The van der Waals surface area contributed by atoms with E-state index in [1.54, 1.807) is 0 Å². The van der Waals surface area contributed by atoms with Crippen molar-refractivity contribution in [1.29, 1.82) is 0 Å². The van der Waals surface area contributed by atoms with E-state index in [0.717, 1.165) is 18.4 Å². The number of rotatable bonds is 6. The quantitative estimate of drug-likeness (QED) is 0.796. The lowest BCUT2D eigenvalue weighted by molar-refractivity contribution is 0.00356. The molecule has 0 aliphatic heterocycles. The van der Waals surface area contributed by atoms with E-state index in [-0.39, 0.29) is 0 Å². The highest BCUT2D eigenvalue weighted by Crippen LogP contribution is 2.46. The van der Waals surface area contributed by atoms with Crippen LogP contribution >= 0.6 is 0 Å². The van der Waals surface area contributed by atoms with Crippen molar-refractivity contribution >= 4 is 0 Å². The fourth-order valence-corrected chi connectivity index (χ4v) is 4.22. The molecule has 0 aromatic rings. The van der Waals surface area contributed by atoms with Gasteiger partial charge in [-0.15, -0.1) is 0 Å². The molecule has 3 fully saturated rings. The Hall–Kier alpha value is -0.0800. The first kappa shape index (κ1) is 13.9. The van der Waals surface area contributed by atoms with E-state index in [1.165, 1.54) is 64.5 Å². The standard InChI is InChI=1S/C17H32N2/c1-16(2)8-3-9-17(12-16,13-18)19(10-14-4-5-14)11-15-6-7-15/h14-15H,3-13,18H2,1-2H3. The Labute approximate surface area is 119 Å². The van der Waals surface area contributed by atoms with Gasteiger partial charge in [0.1, 0.15) is 0 Å². The predicted molar refractivity (Wildman–Crippen MR) is 81.1 cm³/mol. The molecule has 0 aromatic heterocycles. The van der Waals surface area contributed by atoms with Gasteiger partial charge in [0.25, 0.3) is 0 Å². The molecule has 2 heteroatoms. The molecule has 110 valence electrons. The highest BCUT2D eigenvalue weighted by molar-refractivity contribution is 5.01. The monoisotopic (exact) mass is 264 g/mol. The minimum atomic E-state index is 0.326. The van der Waals surface area contributed by atoms with Crippen LogP contribution in [0.2, 0.25) is 0 Å². The Bertz CT molecular complexity index is 303. The molecule has 0 spiro atoms. The van der Waals surface area contributed by atoms with Crippen LogP contribution in [0.15, 0.2) is 0 Å². The van der Waals surface area contributed by atoms with Crippen LogP contribution in [-0.2, 0) is 0 Å². The van der Waals surface area contributed by atoms with Crippen molar-refractivity contribution in [1.82, 2.24) is 4.90 Å². The minimum Gasteiger partial charge on any atom is -0.329 e. The molecule has 1 unspecified atom stereocenters. The fourth-order valence-electron chi connectivity index (χ4n) is 4.22. The summed E-state index contributed by atoms with van der Waals surface area (Å²) in [6.45, 7) is 8.44. The molecule has 1 atom stereocenters.